The molecule has 1 aromatic rings. The van der Waals surface area contributed by atoms with E-state index in [2.05, 4.69) is 12.2 Å². The zero-order chi connectivity index (χ0) is 24.1. The number of ether oxygens (including phenoxy) is 1. The third-order valence-electron chi connectivity index (χ3n) is 5.82. The van der Waals surface area contributed by atoms with Crippen LogP contribution >= 0.6 is 23.2 Å². The van der Waals surface area contributed by atoms with E-state index < -0.39 is 12.0 Å². The molecule has 0 radical (unpaired) electrons. The highest BCUT2D eigenvalue weighted by atomic mass is 35.5. The van der Waals surface area contributed by atoms with Gasteiger partial charge >= 0.3 is 5.97 Å². The first kappa shape index (κ1) is 27.5. The first-order chi connectivity index (χ1) is 15.9. The molecule has 1 atom stereocenters. The second kappa shape index (κ2) is 15.2. The molecular weight excluding hydrogens is 463 g/mol. The van der Waals surface area contributed by atoms with Gasteiger partial charge in [0.25, 0.3) is 5.91 Å². The number of rotatable bonds is 14. The third-order valence-corrected chi connectivity index (χ3v) is 6.26. The van der Waals surface area contributed by atoms with Gasteiger partial charge in [0.2, 0.25) is 5.91 Å². The van der Waals surface area contributed by atoms with Crippen LogP contribution in [-0.4, -0.2) is 48.4 Å². The summed E-state index contributed by atoms with van der Waals surface area (Å²) >= 11 is 12.0. The smallest absolute Gasteiger partial charge is 0.308 e. The van der Waals surface area contributed by atoms with Crippen molar-refractivity contribution in [2.24, 2.45) is 0 Å². The molecule has 2 rings (SSSR count). The molecule has 0 aliphatic carbocycles. The fourth-order valence-electron chi connectivity index (χ4n) is 4.00. The summed E-state index contributed by atoms with van der Waals surface area (Å²) in [5, 5.41) is 3.38. The third kappa shape index (κ3) is 9.93. The van der Waals surface area contributed by atoms with E-state index >= 15 is 0 Å². The second-order valence-corrected chi connectivity index (χ2v) is 9.44. The minimum Gasteiger partial charge on any atom is -0.466 e. The second-order valence-electron chi connectivity index (χ2n) is 8.57. The van der Waals surface area contributed by atoms with E-state index in [-0.39, 0.29) is 23.8 Å². The zero-order valence-corrected chi connectivity index (χ0v) is 21.1. The number of nitrogens with zero attached hydrogens (tertiary/aromatic N) is 1. The van der Waals surface area contributed by atoms with E-state index in [1.165, 1.54) is 68.0 Å². The van der Waals surface area contributed by atoms with E-state index in [0.29, 0.717) is 29.7 Å². The van der Waals surface area contributed by atoms with Gasteiger partial charge in [-0.1, -0.05) is 87.9 Å². The highest BCUT2D eigenvalue weighted by molar-refractivity contribution is 6.35. The number of hydrogen-bond acceptors (Lipinski definition) is 4. The van der Waals surface area contributed by atoms with Gasteiger partial charge in [0.05, 0.1) is 13.0 Å². The standard InChI is InChI=1S/C25H36Cl2N2O4/c1-2-3-4-5-6-7-8-9-10-11-14-33-23(30)18-22-24(31)28-12-13-29(22)25(32)19-15-20(26)17-21(27)16-19/h15-17,22H,2-14,18H2,1H3,(H,28,31). The monoisotopic (exact) mass is 498 g/mol. The summed E-state index contributed by atoms with van der Waals surface area (Å²) in [7, 11) is 0. The Labute approximate surface area is 207 Å². The highest BCUT2D eigenvalue weighted by Crippen LogP contribution is 2.22. The fourth-order valence-corrected chi connectivity index (χ4v) is 4.52. The van der Waals surface area contributed by atoms with Crippen LogP contribution < -0.4 is 5.32 Å². The predicted molar refractivity (Wildman–Crippen MR) is 132 cm³/mol. The van der Waals surface area contributed by atoms with Crippen LogP contribution in [0.1, 0.15) is 87.9 Å². The van der Waals surface area contributed by atoms with Gasteiger partial charge < -0.3 is 15.0 Å². The van der Waals surface area contributed by atoms with Gasteiger partial charge in [0.15, 0.2) is 0 Å². The van der Waals surface area contributed by atoms with Gasteiger partial charge in [-0.05, 0) is 24.6 Å². The minimum absolute atomic E-state index is 0.177. The van der Waals surface area contributed by atoms with Crippen molar-refractivity contribution < 1.29 is 19.1 Å². The highest BCUT2D eigenvalue weighted by Gasteiger charge is 2.35. The van der Waals surface area contributed by atoms with Gasteiger partial charge in [0, 0.05) is 28.7 Å². The lowest BCUT2D eigenvalue weighted by atomic mass is 10.1. The average Bonchev–Trinajstić information content (AvgIpc) is 2.77. The van der Waals surface area contributed by atoms with Crippen LogP contribution in [0.3, 0.4) is 0 Å². The summed E-state index contributed by atoms with van der Waals surface area (Å²) in [5.41, 5.74) is 0.283. The van der Waals surface area contributed by atoms with Crippen molar-refractivity contribution in [1.29, 1.82) is 0 Å². The van der Waals surface area contributed by atoms with E-state index in [1.54, 1.807) is 0 Å². The lowest BCUT2D eigenvalue weighted by Gasteiger charge is -2.34. The number of benzene rings is 1. The van der Waals surface area contributed by atoms with Gasteiger partial charge in [-0.25, -0.2) is 0 Å². The van der Waals surface area contributed by atoms with Crippen LogP contribution in [0, 0.1) is 0 Å². The van der Waals surface area contributed by atoms with Crippen LogP contribution in [0.5, 0.6) is 0 Å². The molecule has 1 heterocycles. The van der Waals surface area contributed by atoms with E-state index in [1.807, 2.05) is 0 Å². The molecule has 2 amide bonds. The number of carbonyl (C=O) groups excluding carboxylic acids is 3. The quantitative estimate of drug-likeness (QED) is 0.260. The Morgan fingerprint density at radius 1 is 0.970 bits per heavy atom. The fraction of sp³-hybridized carbons (Fsp3) is 0.640. The molecule has 1 aliphatic rings. The summed E-state index contributed by atoms with van der Waals surface area (Å²) < 4.78 is 5.34. The number of nitrogens with one attached hydrogen (secondary N) is 1. The molecule has 1 aliphatic heterocycles. The summed E-state index contributed by atoms with van der Waals surface area (Å²) in [6.45, 7) is 3.18. The van der Waals surface area contributed by atoms with Crippen LogP contribution in [0.25, 0.3) is 0 Å². The van der Waals surface area contributed by atoms with Gasteiger partial charge in [-0.15, -0.1) is 0 Å². The maximum absolute atomic E-state index is 13.0. The van der Waals surface area contributed by atoms with Crippen LogP contribution in [0.2, 0.25) is 10.0 Å². The number of hydrogen-bond donors (Lipinski definition) is 1. The summed E-state index contributed by atoms with van der Waals surface area (Å²) in [6.07, 6.45) is 11.8. The van der Waals surface area contributed by atoms with Crippen LogP contribution in [-0.2, 0) is 14.3 Å². The number of halogens is 2. The predicted octanol–water partition coefficient (Wildman–Crippen LogP) is 5.79. The maximum Gasteiger partial charge on any atom is 0.308 e. The van der Waals surface area contributed by atoms with Crippen molar-refractivity contribution in [3.05, 3.63) is 33.8 Å². The van der Waals surface area contributed by atoms with Gasteiger partial charge in [-0.2, -0.15) is 0 Å². The Morgan fingerprint density at radius 2 is 1.55 bits per heavy atom. The van der Waals surface area contributed by atoms with E-state index in [4.69, 9.17) is 27.9 Å². The molecule has 8 heteroatoms. The molecule has 1 aromatic carbocycles. The summed E-state index contributed by atoms with van der Waals surface area (Å²) in [4.78, 5) is 39.1. The molecule has 6 nitrogen and oxygen atoms in total. The largest absolute Gasteiger partial charge is 0.466 e. The van der Waals surface area contributed by atoms with E-state index in [9.17, 15) is 14.4 Å². The van der Waals surface area contributed by atoms with E-state index in [0.717, 1.165) is 19.3 Å². The molecule has 184 valence electrons. The summed E-state index contributed by atoms with van der Waals surface area (Å²) in [6, 6.07) is 3.63. The minimum atomic E-state index is -0.913. The van der Waals surface area contributed by atoms with Crippen molar-refractivity contribution >= 4 is 41.0 Å². The Balaban J connectivity index is 1.72. The lowest BCUT2D eigenvalue weighted by Crippen LogP contribution is -2.57. The molecule has 0 saturated carbocycles. The molecule has 1 N–H and O–H groups in total. The number of amides is 2. The van der Waals surface area contributed by atoms with Crippen molar-refractivity contribution in [2.75, 3.05) is 19.7 Å². The first-order valence-electron chi connectivity index (χ1n) is 12.1. The Kier molecular flexibility index (Phi) is 12.6. The van der Waals surface area contributed by atoms with Crippen molar-refractivity contribution in [2.45, 2.75) is 83.6 Å². The molecule has 1 unspecified atom stereocenters. The SMILES string of the molecule is CCCCCCCCCCCCOC(=O)CC1C(=O)NCCN1C(=O)c1cc(Cl)cc(Cl)c1. The Hall–Kier alpha value is -1.79. The topological polar surface area (TPSA) is 75.7 Å². The molecule has 0 bridgehead atoms. The van der Waals surface area contributed by atoms with Gasteiger partial charge in [0.1, 0.15) is 6.04 Å². The Morgan fingerprint density at radius 3 is 2.15 bits per heavy atom. The maximum atomic E-state index is 13.0. The number of esters is 1. The number of carbonyl (C=O) groups is 3. The number of piperazine rings is 1. The zero-order valence-electron chi connectivity index (χ0n) is 19.5. The summed E-state index contributed by atoms with van der Waals surface area (Å²) in [5.74, 6) is -1.23. The van der Waals surface area contributed by atoms with Crippen molar-refractivity contribution in [3.63, 3.8) is 0 Å². The molecule has 0 aromatic heterocycles. The molecule has 1 fully saturated rings. The number of unbranched alkanes of at least 4 members (excludes halogenated alkanes) is 9. The molecule has 0 spiro atoms. The average molecular weight is 499 g/mol. The molecule has 33 heavy (non-hydrogen) atoms. The van der Waals surface area contributed by atoms with Gasteiger partial charge in [-0.3, -0.25) is 14.4 Å². The first-order valence-corrected chi connectivity index (χ1v) is 12.9. The molecular formula is C25H36Cl2N2O4. The van der Waals surface area contributed by atoms with Crippen LogP contribution in [0.4, 0.5) is 0 Å². The van der Waals surface area contributed by atoms with Crippen LogP contribution in [0.15, 0.2) is 18.2 Å². The van der Waals surface area contributed by atoms with Crippen molar-refractivity contribution in [3.8, 4) is 0 Å². The normalized spacial score (nSPS) is 15.9. The lowest BCUT2D eigenvalue weighted by molar-refractivity contribution is -0.147. The molecule has 1 saturated heterocycles. The van der Waals surface area contributed by atoms with Crippen molar-refractivity contribution in [1.82, 2.24) is 10.2 Å². The Bertz CT molecular complexity index is 767.